The van der Waals surface area contributed by atoms with Crippen LogP contribution >= 0.6 is 0 Å². The molecule has 1 N–H and O–H groups in total. The highest BCUT2D eigenvalue weighted by atomic mass is 19.1. The minimum atomic E-state index is -0.200. The van der Waals surface area contributed by atoms with E-state index in [2.05, 4.69) is 15.1 Å². The van der Waals surface area contributed by atoms with Crippen LogP contribution in [0.5, 0.6) is 0 Å². The number of rotatable bonds is 7. The number of halogens is 1. The van der Waals surface area contributed by atoms with E-state index in [1.165, 1.54) is 12.1 Å². The van der Waals surface area contributed by atoms with E-state index in [1.807, 2.05) is 19.1 Å². The summed E-state index contributed by atoms with van der Waals surface area (Å²) in [5.41, 5.74) is 1.12. The lowest BCUT2D eigenvalue weighted by molar-refractivity contribution is -0.123. The van der Waals surface area contributed by atoms with Crippen LogP contribution in [0.2, 0.25) is 0 Å². The maximum Gasteiger partial charge on any atom is 0.234 e. The fraction of sp³-hybridized carbons (Fsp3) is 0.611. The van der Waals surface area contributed by atoms with Gasteiger partial charge in [-0.3, -0.25) is 14.6 Å². The van der Waals surface area contributed by atoms with Gasteiger partial charge in [0.05, 0.1) is 13.2 Å². The third-order valence-electron chi connectivity index (χ3n) is 4.19. The number of nitrogens with zero attached hydrogens (tertiary/aromatic N) is 2. The van der Waals surface area contributed by atoms with Gasteiger partial charge in [0.1, 0.15) is 5.82 Å². The molecule has 0 spiro atoms. The van der Waals surface area contributed by atoms with Gasteiger partial charge in [-0.2, -0.15) is 0 Å². The molecule has 1 fully saturated rings. The van der Waals surface area contributed by atoms with Crippen molar-refractivity contribution < 1.29 is 13.9 Å². The van der Waals surface area contributed by atoms with E-state index in [0.717, 1.165) is 44.7 Å². The molecule has 0 radical (unpaired) electrons. The molecule has 134 valence electrons. The zero-order valence-electron chi connectivity index (χ0n) is 14.6. The molecule has 1 heterocycles. The smallest absolute Gasteiger partial charge is 0.234 e. The number of carbonyl (C=O) groups is 1. The van der Waals surface area contributed by atoms with Crippen molar-refractivity contribution in [2.24, 2.45) is 0 Å². The largest absolute Gasteiger partial charge is 0.383 e. The molecule has 1 aliphatic rings. The molecule has 1 atom stereocenters. The van der Waals surface area contributed by atoms with Crippen LogP contribution in [0.3, 0.4) is 0 Å². The lowest BCUT2D eigenvalue weighted by Crippen LogP contribution is -2.43. The van der Waals surface area contributed by atoms with Gasteiger partial charge in [-0.1, -0.05) is 12.1 Å². The maximum atomic E-state index is 13.0. The van der Waals surface area contributed by atoms with Crippen LogP contribution in [-0.2, 0) is 16.1 Å². The Labute approximate surface area is 143 Å². The molecule has 0 saturated carbocycles. The predicted molar refractivity (Wildman–Crippen MR) is 92.2 cm³/mol. The normalized spacial score (nSPS) is 18.1. The zero-order valence-corrected chi connectivity index (χ0v) is 14.6. The second kappa shape index (κ2) is 9.71. The third kappa shape index (κ3) is 6.55. The Morgan fingerprint density at radius 1 is 1.21 bits per heavy atom. The van der Waals surface area contributed by atoms with Gasteiger partial charge < -0.3 is 10.1 Å². The summed E-state index contributed by atoms with van der Waals surface area (Å²) in [4.78, 5) is 16.6. The predicted octanol–water partition coefficient (Wildman–Crippen LogP) is 1.48. The van der Waals surface area contributed by atoms with Crippen LogP contribution in [0, 0.1) is 5.82 Å². The molecule has 1 aromatic rings. The third-order valence-corrected chi connectivity index (χ3v) is 4.19. The Kier molecular flexibility index (Phi) is 7.62. The van der Waals surface area contributed by atoms with Crippen molar-refractivity contribution in [1.82, 2.24) is 15.1 Å². The summed E-state index contributed by atoms with van der Waals surface area (Å²) in [6.07, 6.45) is 1.03. The molecular formula is C18H28FN3O2. The first kappa shape index (κ1) is 18.8. The summed E-state index contributed by atoms with van der Waals surface area (Å²) >= 11 is 0. The van der Waals surface area contributed by atoms with Crippen molar-refractivity contribution in [2.75, 3.05) is 46.4 Å². The minimum Gasteiger partial charge on any atom is -0.383 e. The molecular weight excluding hydrogens is 309 g/mol. The number of benzene rings is 1. The van der Waals surface area contributed by atoms with Crippen molar-refractivity contribution in [3.8, 4) is 0 Å². The standard InChI is InChI=1S/C18H28FN3O2/c1-15(14-24-2)20-18(23)13-22-9-3-8-21(10-11-22)12-16-4-6-17(19)7-5-16/h4-7,15H,3,8-14H2,1-2H3,(H,20,23). The minimum absolute atomic E-state index is 0.0319. The molecule has 5 nitrogen and oxygen atoms in total. The van der Waals surface area contributed by atoms with Crippen molar-refractivity contribution >= 4 is 5.91 Å². The van der Waals surface area contributed by atoms with Crippen molar-refractivity contribution in [3.05, 3.63) is 35.6 Å². The molecule has 0 bridgehead atoms. The van der Waals surface area contributed by atoms with E-state index in [-0.39, 0.29) is 17.8 Å². The number of methoxy groups -OCH3 is 1. The molecule has 1 aliphatic heterocycles. The highest BCUT2D eigenvalue weighted by Gasteiger charge is 2.18. The van der Waals surface area contributed by atoms with Crippen molar-refractivity contribution in [1.29, 1.82) is 0 Å². The first-order valence-electron chi connectivity index (χ1n) is 8.54. The molecule has 24 heavy (non-hydrogen) atoms. The lowest BCUT2D eigenvalue weighted by Gasteiger charge is -2.22. The van der Waals surface area contributed by atoms with Crippen LogP contribution in [0.15, 0.2) is 24.3 Å². The average molecular weight is 337 g/mol. The van der Waals surface area contributed by atoms with Gasteiger partial charge in [-0.25, -0.2) is 4.39 Å². The average Bonchev–Trinajstić information content (AvgIpc) is 2.75. The first-order valence-corrected chi connectivity index (χ1v) is 8.54. The number of nitrogens with one attached hydrogen (secondary N) is 1. The van der Waals surface area contributed by atoms with Gasteiger partial charge >= 0.3 is 0 Å². The van der Waals surface area contributed by atoms with Crippen LogP contribution in [0.25, 0.3) is 0 Å². The fourth-order valence-electron chi connectivity index (χ4n) is 3.00. The second-order valence-corrected chi connectivity index (χ2v) is 6.46. The summed E-state index contributed by atoms with van der Waals surface area (Å²) in [5, 5.41) is 2.95. The maximum absolute atomic E-state index is 13.0. The summed E-state index contributed by atoms with van der Waals surface area (Å²) < 4.78 is 18.0. The Balaban J connectivity index is 1.75. The Bertz CT molecular complexity index is 509. The topological polar surface area (TPSA) is 44.8 Å². The fourth-order valence-corrected chi connectivity index (χ4v) is 3.00. The summed E-state index contributed by atoms with van der Waals surface area (Å²) in [5.74, 6) is -0.152. The molecule has 1 saturated heterocycles. The summed E-state index contributed by atoms with van der Waals surface area (Å²) in [6.45, 7) is 7.42. The SMILES string of the molecule is COCC(C)NC(=O)CN1CCCN(Cc2ccc(F)cc2)CC1. The number of carbonyl (C=O) groups excluding carboxylic acids is 1. The van der Waals surface area contributed by atoms with Gasteiger partial charge in [-0.15, -0.1) is 0 Å². The molecule has 2 rings (SSSR count). The van der Waals surface area contributed by atoms with Crippen LogP contribution < -0.4 is 5.32 Å². The highest BCUT2D eigenvalue weighted by molar-refractivity contribution is 5.78. The second-order valence-electron chi connectivity index (χ2n) is 6.46. The molecule has 0 aliphatic carbocycles. The number of hydrogen-bond acceptors (Lipinski definition) is 4. The monoisotopic (exact) mass is 337 g/mol. The van der Waals surface area contributed by atoms with E-state index in [9.17, 15) is 9.18 Å². The number of hydrogen-bond donors (Lipinski definition) is 1. The van der Waals surface area contributed by atoms with Crippen molar-refractivity contribution in [2.45, 2.75) is 25.9 Å². The molecule has 1 amide bonds. The van der Waals surface area contributed by atoms with E-state index >= 15 is 0 Å². The van der Waals surface area contributed by atoms with Crippen molar-refractivity contribution in [3.63, 3.8) is 0 Å². The quantitative estimate of drug-likeness (QED) is 0.819. The van der Waals surface area contributed by atoms with E-state index in [1.54, 1.807) is 7.11 Å². The van der Waals surface area contributed by atoms with Crippen LogP contribution in [0.1, 0.15) is 18.9 Å². The summed E-state index contributed by atoms with van der Waals surface area (Å²) in [6, 6.07) is 6.71. The Morgan fingerprint density at radius 2 is 1.88 bits per heavy atom. The molecule has 1 unspecified atom stereocenters. The van der Waals surface area contributed by atoms with E-state index in [0.29, 0.717) is 13.2 Å². The summed E-state index contributed by atoms with van der Waals surface area (Å²) in [7, 11) is 1.63. The highest BCUT2D eigenvalue weighted by Crippen LogP contribution is 2.10. The molecule has 1 aromatic carbocycles. The zero-order chi connectivity index (χ0) is 17.4. The lowest BCUT2D eigenvalue weighted by atomic mass is 10.2. The van der Waals surface area contributed by atoms with E-state index in [4.69, 9.17) is 4.74 Å². The van der Waals surface area contributed by atoms with Gasteiger partial charge in [0.15, 0.2) is 0 Å². The Morgan fingerprint density at radius 3 is 2.58 bits per heavy atom. The van der Waals surface area contributed by atoms with Gasteiger partial charge in [0, 0.05) is 32.8 Å². The van der Waals surface area contributed by atoms with Crippen LogP contribution in [-0.4, -0.2) is 68.2 Å². The molecule has 0 aromatic heterocycles. The Hall–Kier alpha value is -1.50. The number of ether oxygens (including phenoxy) is 1. The first-order chi connectivity index (χ1) is 11.6. The van der Waals surface area contributed by atoms with Gasteiger partial charge in [-0.05, 0) is 44.1 Å². The van der Waals surface area contributed by atoms with E-state index < -0.39 is 0 Å². The van der Waals surface area contributed by atoms with Gasteiger partial charge in [0.25, 0.3) is 0 Å². The van der Waals surface area contributed by atoms with Crippen LogP contribution in [0.4, 0.5) is 4.39 Å². The molecule has 6 heteroatoms. The number of amides is 1. The van der Waals surface area contributed by atoms with Gasteiger partial charge in [0.2, 0.25) is 5.91 Å².